The van der Waals surface area contributed by atoms with E-state index in [0.29, 0.717) is 6.04 Å². The Morgan fingerprint density at radius 3 is 2.94 bits per heavy atom. The minimum absolute atomic E-state index is 0.0836. The summed E-state index contributed by atoms with van der Waals surface area (Å²) in [7, 11) is 0. The molecule has 0 saturated heterocycles. The molecule has 0 radical (unpaired) electrons. The monoisotopic (exact) mass is 345 g/mol. The van der Waals surface area contributed by atoms with Gasteiger partial charge in [-0.2, -0.15) is 0 Å². The topological polar surface area (TPSA) is 21.3 Å². The first-order valence-corrected chi connectivity index (χ1v) is 7.32. The smallest absolute Gasteiger partial charge is 0.138 e. The molecule has 1 heterocycles. The van der Waals surface area contributed by atoms with Gasteiger partial charge in [-0.3, -0.25) is 0 Å². The molecule has 3 heteroatoms. The van der Waals surface area contributed by atoms with Crippen LogP contribution in [0.2, 0.25) is 0 Å². The van der Waals surface area contributed by atoms with Crippen LogP contribution in [0.3, 0.4) is 0 Å². The first-order chi connectivity index (χ1) is 8.03. The highest BCUT2D eigenvalue weighted by Crippen LogP contribution is 2.41. The van der Waals surface area contributed by atoms with Crippen molar-refractivity contribution < 1.29 is 4.74 Å². The van der Waals surface area contributed by atoms with Crippen LogP contribution in [-0.2, 0) is 0 Å². The SMILES string of the molecule is CCCNC1CC(C)(C)Oc2c(I)cccc21. The molecule has 0 bridgehead atoms. The Kier molecular flexibility index (Phi) is 3.98. The number of para-hydroxylation sites is 1. The van der Waals surface area contributed by atoms with Crippen molar-refractivity contribution in [2.24, 2.45) is 0 Å². The summed E-state index contributed by atoms with van der Waals surface area (Å²) in [4.78, 5) is 0. The molecule has 1 N–H and O–H groups in total. The third kappa shape index (κ3) is 2.94. The molecule has 1 aromatic rings. The van der Waals surface area contributed by atoms with Crippen molar-refractivity contribution in [3.8, 4) is 5.75 Å². The van der Waals surface area contributed by atoms with E-state index < -0.39 is 0 Å². The van der Waals surface area contributed by atoms with E-state index in [0.717, 1.165) is 25.1 Å². The lowest BCUT2D eigenvalue weighted by atomic mass is 9.89. The van der Waals surface area contributed by atoms with E-state index in [2.05, 4.69) is 66.9 Å². The molecule has 0 aliphatic carbocycles. The number of nitrogens with one attached hydrogen (secondary N) is 1. The summed E-state index contributed by atoms with van der Waals surface area (Å²) in [6.07, 6.45) is 2.19. The molecule has 2 rings (SSSR count). The lowest BCUT2D eigenvalue weighted by molar-refractivity contribution is 0.0650. The van der Waals surface area contributed by atoms with Crippen LogP contribution in [0.25, 0.3) is 0 Å². The van der Waals surface area contributed by atoms with Gasteiger partial charge in [0.2, 0.25) is 0 Å². The van der Waals surface area contributed by atoms with Gasteiger partial charge >= 0.3 is 0 Å². The predicted octanol–water partition coefficient (Wildman–Crippen LogP) is 3.89. The van der Waals surface area contributed by atoms with Crippen molar-refractivity contribution in [2.75, 3.05) is 6.54 Å². The Morgan fingerprint density at radius 1 is 1.47 bits per heavy atom. The maximum Gasteiger partial charge on any atom is 0.138 e. The molecule has 1 atom stereocenters. The van der Waals surface area contributed by atoms with Crippen LogP contribution in [0.4, 0.5) is 0 Å². The second-order valence-electron chi connectivity index (χ2n) is 5.23. The summed E-state index contributed by atoms with van der Waals surface area (Å²) >= 11 is 2.35. The number of ether oxygens (including phenoxy) is 1. The first kappa shape index (κ1) is 13.1. The third-order valence-electron chi connectivity index (χ3n) is 3.09. The third-order valence-corrected chi connectivity index (χ3v) is 3.94. The van der Waals surface area contributed by atoms with Crippen molar-refractivity contribution in [2.45, 2.75) is 45.3 Å². The average molecular weight is 345 g/mol. The Balaban J connectivity index is 2.33. The van der Waals surface area contributed by atoms with Crippen LogP contribution in [0, 0.1) is 3.57 Å². The molecular formula is C14H20INO. The van der Waals surface area contributed by atoms with Crippen LogP contribution in [0.15, 0.2) is 18.2 Å². The van der Waals surface area contributed by atoms with Crippen molar-refractivity contribution in [3.05, 3.63) is 27.3 Å². The highest BCUT2D eigenvalue weighted by atomic mass is 127. The number of hydrogen-bond donors (Lipinski definition) is 1. The number of fused-ring (bicyclic) bond motifs is 1. The summed E-state index contributed by atoms with van der Waals surface area (Å²) < 4.78 is 7.32. The maximum atomic E-state index is 6.11. The number of hydrogen-bond acceptors (Lipinski definition) is 2. The summed E-state index contributed by atoms with van der Waals surface area (Å²) in [5.41, 5.74) is 1.23. The molecule has 1 aliphatic heterocycles. The Bertz CT molecular complexity index is 403. The second kappa shape index (κ2) is 5.14. The van der Waals surface area contributed by atoms with Gasteiger partial charge in [-0.1, -0.05) is 19.1 Å². The number of benzene rings is 1. The van der Waals surface area contributed by atoms with E-state index in [1.807, 2.05) is 0 Å². The standard InChI is InChI=1S/C14H20INO/c1-4-8-16-12-9-14(2,3)17-13-10(12)6-5-7-11(13)15/h5-7,12,16H,4,8-9H2,1-3H3. The van der Waals surface area contributed by atoms with Gasteiger partial charge in [0.15, 0.2) is 0 Å². The van der Waals surface area contributed by atoms with Crippen LogP contribution in [0.5, 0.6) is 5.75 Å². The van der Waals surface area contributed by atoms with Crippen LogP contribution >= 0.6 is 22.6 Å². The molecule has 0 amide bonds. The molecule has 1 aromatic carbocycles. The average Bonchev–Trinajstić information content (AvgIpc) is 2.26. The molecule has 0 spiro atoms. The zero-order valence-corrected chi connectivity index (χ0v) is 12.9. The Hall–Kier alpha value is -0.290. The minimum atomic E-state index is -0.0836. The minimum Gasteiger partial charge on any atom is -0.486 e. The zero-order chi connectivity index (χ0) is 12.5. The molecule has 2 nitrogen and oxygen atoms in total. The zero-order valence-electron chi connectivity index (χ0n) is 10.7. The highest BCUT2D eigenvalue weighted by Gasteiger charge is 2.34. The van der Waals surface area contributed by atoms with Crippen molar-refractivity contribution in [1.82, 2.24) is 5.32 Å². The van der Waals surface area contributed by atoms with Gasteiger partial charge in [0.05, 0.1) is 3.57 Å². The lowest BCUT2D eigenvalue weighted by Crippen LogP contribution is -2.40. The molecule has 0 fully saturated rings. The maximum absolute atomic E-state index is 6.11. The molecule has 1 unspecified atom stereocenters. The van der Waals surface area contributed by atoms with Crippen molar-refractivity contribution in [1.29, 1.82) is 0 Å². The van der Waals surface area contributed by atoms with Crippen molar-refractivity contribution in [3.63, 3.8) is 0 Å². The summed E-state index contributed by atoms with van der Waals surface area (Å²) in [6, 6.07) is 6.82. The molecule has 17 heavy (non-hydrogen) atoms. The van der Waals surface area contributed by atoms with E-state index in [-0.39, 0.29) is 5.60 Å². The fraction of sp³-hybridized carbons (Fsp3) is 0.571. The first-order valence-electron chi connectivity index (χ1n) is 6.24. The molecule has 0 saturated carbocycles. The fourth-order valence-electron chi connectivity index (χ4n) is 2.33. The summed E-state index contributed by atoms with van der Waals surface area (Å²) in [6.45, 7) is 7.60. The van der Waals surface area contributed by atoms with Gasteiger partial charge in [-0.25, -0.2) is 0 Å². The second-order valence-corrected chi connectivity index (χ2v) is 6.39. The van der Waals surface area contributed by atoms with Gasteiger partial charge < -0.3 is 10.1 Å². The van der Waals surface area contributed by atoms with E-state index >= 15 is 0 Å². The van der Waals surface area contributed by atoms with Gasteiger partial charge in [0, 0.05) is 18.0 Å². The highest BCUT2D eigenvalue weighted by molar-refractivity contribution is 14.1. The molecule has 0 aromatic heterocycles. The van der Waals surface area contributed by atoms with Gasteiger partial charge in [0.25, 0.3) is 0 Å². The van der Waals surface area contributed by atoms with Crippen LogP contribution in [-0.4, -0.2) is 12.1 Å². The number of halogens is 1. The number of rotatable bonds is 3. The molecular weight excluding hydrogens is 325 g/mol. The fourth-order valence-corrected chi connectivity index (χ4v) is 2.96. The van der Waals surface area contributed by atoms with Crippen LogP contribution < -0.4 is 10.1 Å². The lowest BCUT2D eigenvalue weighted by Gasteiger charge is -2.38. The van der Waals surface area contributed by atoms with E-state index in [9.17, 15) is 0 Å². The quantitative estimate of drug-likeness (QED) is 0.840. The predicted molar refractivity (Wildman–Crippen MR) is 79.5 cm³/mol. The summed E-state index contributed by atoms with van der Waals surface area (Å²) in [5.74, 6) is 1.07. The van der Waals surface area contributed by atoms with E-state index in [1.54, 1.807) is 0 Å². The van der Waals surface area contributed by atoms with Crippen molar-refractivity contribution >= 4 is 22.6 Å². The Labute approximate surface area is 117 Å². The van der Waals surface area contributed by atoms with Gasteiger partial charge in [-0.15, -0.1) is 0 Å². The van der Waals surface area contributed by atoms with Gasteiger partial charge in [0.1, 0.15) is 11.4 Å². The summed E-state index contributed by atoms with van der Waals surface area (Å²) in [5, 5.41) is 3.63. The normalized spacial score (nSPS) is 21.8. The van der Waals surface area contributed by atoms with E-state index in [1.165, 1.54) is 9.13 Å². The molecule has 1 aliphatic rings. The largest absolute Gasteiger partial charge is 0.486 e. The Morgan fingerprint density at radius 2 is 2.24 bits per heavy atom. The van der Waals surface area contributed by atoms with Crippen LogP contribution in [0.1, 0.15) is 45.2 Å². The van der Waals surface area contributed by atoms with E-state index in [4.69, 9.17) is 4.74 Å². The molecule has 94 valence electrons. The van der Waals surface area contributed by atoms with Gasteiger partial charge in [-0.05, 0) is 55.5 Å².